The molecule has 0 radical (unpaired) electrons. The molecule has 2 nitrogen and oxygen atoms in total. The van der Waals surface area contributed by atoms with E-state index >= 15 is 0 Å². The summed E-state index contributed by atoms with van der Waals surface area (Å²) in [4.78, 5) is 10.7. The van der Waals surface area contributed by atoms with Gasteiger partial charge in [0.1, 0.15) is 16.4 Å². The quantitative estimate of drug-likeness (QED) is 0.654. The van der Waals surface area contributed by atoms with Crippen LogP contribution in [0.5, 0.6) is 5.75 Å². The SMILES string of the molecule is CC(=O)C(Br)c1c(O)cccc1I. The lowest BCUT2D eigenvalue weighted by Crippen LogP contribution is -2.03. The number of aromatic hydroxyl groups is 1. The van der Waals surface area contributed by atoms with Gasteiger partial charge >= 0.3 is 0 Å². The fourth-order valence-electron chi connectivity index (χ4n) is 0.980. The Morgan fingerprint density at radius 1 is 1.62 bits per heavy atom. The normalized spacial score (nSPS) is 12.5. The molecule has 0 aliphatic heterocycles. The summed E-state index contributed by atoms with van der Waals surface area (Å²) in [5, 5.41) is 9.52. The fraction of sp³-hybridized carbons (Fsp3) is 0.222. The number of alkyl halides is 1. The minimum atomic E-state index is -0.416. The van der Waals surface area contributed by atoms with Crippen LogP contribution in [0.25, 0.3) is 0 Å². The highest BCUT2D eigenvalue weighted by atomic mass is 127. The molecule has 1 aromatic carbocycles. The molecule has 0 fully saturated rings. The van der Waals surface area contributed by atoms with Crippen LogP contribution in [0.15, 0.2) is 18.2 Å². The first kappa shape index (κ1) is 11.0. The number of benzene rings is 1. The van der Waals surface area contributed by atoms with E-state index in [4.69, 9.17) is 0 Å². The van der Waals surface area contributed by atoms with E-state index in [2.05, 4.69) is 38.5 Å². The predicted octanol–water partition coefficient (Wildman–Crippen LogP) is 3.02. The molecule has 1 rings (SSSR count). The Balaban J connectivity index is 3.20. The zero-order valence-electron chi connectivity index (χ0n) is 6.92. The highest BCUT2D eigenvalue weighted by molar-refractivity contribution is 14.1. The van der Waals surface area contributed by atoms with Crippen molar-refractivity contribution in [2.45, 2.75) is 11.8 Å². The van der Waals surface area contributed by atoms with Crippen molar-refractivity contribution in [2.24, 2.45) is 0 Å². The van der Waals surface area contributed by atoms with Crippen molar-refractivity contribution >= 4 is 44.3 Å². The van der Waals surface area contributed by atoms with Crippen molar-refractivity contribution in [1.82, 2.24) is 0 Å². The van der Waals surface area contributed by atoms with Gasteiger partial charge in [0, 0.05) is 9.13 Å². The monoisotopic (exact) mass is 354 g/mol. The Bertz CT molecular complexity index is 318. The summed E-state index contributed by atoms with van der Waals surface area (Å²) in [6, 6.07) is 5.18. The number of phenolic OH excluding ortho intramolecular Hbond substituents is 1. The topological polar surface area (TPSA) is 37.3 Å². The Kier molecular flexibility index (Phi) is 3.73. The van der Waals surface area contributed by atoms with Gasteiger partial charge in [0.25, 0.3) is 0 Å². The lowest BCUT2D eigenvalue weighted by Gasteiger charge is -2.10. The molecule has 0 aliphatic rings. The van der Waals surface area contributed by atoms with Gasteiger partial charge in [-0.1, -0.05) is 22.0 Å². The maximum absolute atomic E-state index is 11.1. The number of phenols is 1. The molecule has 0 amide bonds. The van der Waals surface area contributed by atoms with Gasteiger partial charge < -0.3 is 5.11 Å². The summed E-state index contributed by atoms with van der Waals surface area (Å²) in [7, 11) is 0. The maximum Gasteiger partial charge on any atom is 0.148 e. The summed E-state index contributed by atoms with van der Waals surface area (Å²) >= 11 is 5.33. The summed E-state index contributed by atoms with van der Waals surface area (Å²) in [5.41, 5.74) is 0.649. The highest BCUT2D eigenvalue weighted by Crippen LogP contribution is 2.34. The number of hydrogen-bond donors (Lipinski definition) is 1. The molecule has 1 N–H and O–H groups in total. The molecular weight excluding hydrogens is 347 g/mol. The summed E-state index contributed by atoms with van der Waals surface area (Å²) in [5.74, 6) is 0.142. The number of hydrogen-bond acceptors (Lipinski definition) is 2. The average molecular weight is 355 g/mol. The van der Waals surface area contributed by atoms with E-state index in [9.17, 15) is 9.90 Å². The van der Waals surface area contributed by atoms with Crippen LogP contribution >= 0.6 is 38.5 Å². The van der Waals surface area contributed by atoms with E-state index in [1.54, 1.807) is 12.1 Å². The minimum absolute atomic E-state index is 0.0144. The average Bonchev–Trinajstić information content (AvgIpc) is 2.03. The third kappa shape index (κ3) is 2.43. The second-order valence-corrected chi connectivity index (χ2v) is 4.72. The van der Waals surface area contributed by atoms with Gasteiger partial charge in [-0.15, -0.1) is 0 Å². The molecule has 0 aromatic heterocycles. The van der Waals surface area contributed by atoms with Crippen molar-refractivity contribution in [1.29, 1.82) is 0 Å². The largest absolute Gasteiger partial charge is 0.508 e. The second kappa shape index (κ2) is 4.41. The zero-order valence-corrected chi connectivity index (χ0v) is 10.7. The second-order valence-electron chi connectivity index (χ2n) is 2.65. The maximum atomic E-state index is 11.1. The van der Waals surface area contributed by atoms with Gasteiger partial charge in [-0.05, 0) is 41.6 Å². The van der Waals surface area contributed by atoms with Crippen LogP contribution in [0.3, 0.4) is 0 Å². The lowest BCUT2D eigenvalue weighted by atomic mass is 10.1. The molecule has 1 unspecified atom stereocenters. The van der Waals surface area contributed by atoms with Crippen LogP contribution in [0, 0.1) is 3.57 Å². The van der Waals surface area contributed by atoms with Crippen LogP contribution in [-0.4, -0.2) is 10.9 Å². The van der Waals surface area contributed by atoms with Crippen LogP contribution in [0.1, 0.15) is 17.3 Å². The van der Waals surface area contributed by atoms with Crippen LogP contribution < -0.4 is 0 Å². The number of halogens is 2. The summed E-state index contributed by atoms with van der Waals surface area (Å²) in [6.45, 7) is 1.49. The van der Waals surface area contributed by atoms with Gasteiger partial charge in [0.15, 0.2) is 0 Å². The molecule has 13 heavy (non-hydrogen) atoms. The molecule has 1 aromatic rings. The number of ketones is 1. The van der Waals surface area contributed by atoms with Gasteiger partial charge in [-0.2, -0.15) is 0 Å². The molecule has 0 aliphatic carbocycles. The van der Waals surface area contributed by atoms with Crippen LogP contribution in [-0.2, 0) is 4.79 Å². The van der Waals surface area contributed by atoms with Gasteiger partial charge in [-0.3, -0.25) is 4.79 Å². The Hall–Kier alpha value is -0.100. The Morgan fingerprint density at radius 3 is 2.69 bits per heavy atom. The molecule has 1 atom stereocenters. The van der Waals surface area contributed by atoms with Crippen LogP contribution in [0.2, 0.25) is 0 Å². The lowest BCUT2D eigenvalue weighted by molar-refractivity contribution is -0.116. The van der Waals surface area contributed by atoms with E-state index in [0.717, 1.165) is 3.57 Å². The smallest absolute Gasteiger partial charge is 0.148 e. The molecule has 4 heteroatoms. The first-order valence-corrected chi connectivity index (χ1v) is 5.65. The van der Waals surface area contributed by atoms with E-state index in [-0.39, 0.29) is 11.5 Å². The van der Waals surface area contributed by atoms with Crippen molar-refractivity contribution in [3.05, 3.63) is 27.3 Å². The van der Waals surface area contributed by atoms with E-state index in [1.807, 2.05) is 6.07 Å². The standard InChI is InChI=1S/C9H8BrIO2/c1-5(12)9(10)8-6(11)3-2-4-7(8)13/h2-4,9,13H,1H3. The van der Waals surface area contributed by atoms with E-state index < -0.39 is 4.83 Å². The van der Waals surface area contributed by atoms with E-state index in [0.29, 0.717) is 5.56 Å². The van der Waals surface area contributed by atoms with E-state index in [1.165, 1.54) is 6.92 Å². The molecular formula is C9H8BrIO2. The van der Waals surface area contributed by atoms with Gasteiger partial charge in [0.05, 0.1) is 0 Å². The zero-order chi connectivity index (χ0) is 10.0. The first-order chi connectivity index (χ1) is 6.04. The molecule has 0 spiro atoms. The molecule has 0 saturated heterocycles. The Labute approximate surface area is 98.6 Å². The third-order valence-corrected chi connectivity index (χ3v) is 3.68. The predicted molar refractivity (Wildman–Crippen MR) is 63.2 cm³/mol. The first-order valence-electron chi connectivity index (χ1n) is 3.66. The molecule has 70 valence electrons. The summed E-state index contributed by atoms with van der Waals surface area (Å²) in [6.07, 6.45) is 0. The van der Waals surface area contributed by atoms with Gasteiger partial charge in [0.2, 0.25) is 0 Å². The summed E-state index contributed by atoms with van der Waals surface area (Å²) < 4.78 is 0.884. The van der Waals surface area contributed by atoms with Crippen molar-refractivity contribution < 1.29 is 9.90 Å². The van der Waals surface area contributed by atoms with Gasteiger partial charge in [-0.25, -0.2) is 0 Å². The molecule has 0 heterocycles. The molecule has 0 saturated carbocycles. The number of carbonyl (C=O) groups is 1. The van der Waals surface area contributed by atoms with Crippen molar-refractivity contribution in [3.8, 4) is 5.75 Å². The minimum Gasteiger partial charge on any atom is -0.508 e. The van der Waals surface area contributed by atoms with Crippen LogP contribution in [0.4, 0.5) is 0 Å². The third-order valence-electron chi connectivity index (χ3n) is 1.64. The Morgan fingerprint density at radius 2 is 2.23 bits per heavy atom. The number of rotatable bonds is 2. The molecule has 0 bridgehead atoms. The number of carbonyl (C=O) groups excluding carboxylic acids is 1. The fourth-order valence-corrected chi connectivity index (χ4v) is 2.68. The number of Topliss-reactive ketones (excluding diaryl/α,β-unsaturated/α-hetero) is 1. The van der Waals surface area contributed by atoms with Crippen molar-refractivity contribution in [3.63, 3.8) is 0 Å². The van der Waals surface area contributed by atoms with Crippen molar-refractivity contribution in [2.75, 3.05) is 0 Å². The highest BCUT2D eigenvalue weighted by Gasteiger charge is 2.18.